The lowest BCUT2D eigenvalue weighted by atomic mass is 10.1. The van der Waals surface area contributed by atoms with Crippen molar-refractivity contribution in [2.75, 3.05) is 6.54 Å². The summed E-state index contributed by atoms with van der Waals surface area (Å²) >= 11 is 0. The molecule has 0 aliphatic heterocycles. The highest BCUT2D eigenvalue weighted by atomic mass is 16.3. The summed E-state index contributed by atoms with van der Waals surface area (Å²) in [6, 6.07) is 7.42. The van der Waals surface area contributed by atoms with Crippen LogP contribution in [0.1, 0.15) is 18.1 Å². The second-order valence-corrected chi connectivity index (χ2v) is 5.55. The molecule has 0 amide bonds. The zero-order chi connectivity index (χ0) is 15.5. The van der Waals surface area contributed by atoms with Gasteiger partial charge in [0.2, 0.25) is 0 Å². The maximum atomic E-state index is 9.49. The SMILES string of the molecule is CCN(Cc1cnc2cc(O)ccc2c1)Cc1cnn(C)c1. The minimum atomic E-state index is 0.250. The van der Waals surface area contributed by atoms with Crippen molar-refractivity contribution in [3.05, 3.63) is 54.0 Å². The largest absolute Gasteiger partial charge is 0.508 e. The number of fused-ring (bicyclic) bond motifs is 1. The van der Waals surface area contributed by atoms with Crippen molar-refractivity contribution < 1.29 is 5.11 Å². The number of phenolic OH excluding ortho intramolecular Hbond substituents is 1. The topological polar surface area (TPSA) is 54.2 Å². The Bertz CT molecular complexity index is 781. The molecule has 114 valence electrons. The number of hydrogen-bond acceptors (Lipinski definition) is 4. The molecule has 0 aliphatic rings. The standard InChI is InChI=1S/C17H20N4O/c1-3-21(12-14-9-19-20(2)10-14)11-13-6-15-4-5-16(22)7-17(15)18-8-13/h4-10,22H,3,11-12H2,1-2H3. The molecule has 0 saturated carbocycles. The molecule has 0 saturated heterocycles. The fraction of sp³-hybridized carbons (Fsp3) is 0.294. The van der Waals surface area contributed by atoms with E-state index in [0.29, 0.717) is 0 Å². The van der Waals surface area contributed by atoms with Crippen molar-refractivity contribution in [3.8, 4) is 5.75 Å². The first-order chi connectivity index (χ1) is 10.6. The van der Waals surface area contributed by atoms with E-state index >= 15 is 0 Å². The number of pyridine rings is 1. The third-order valence-electron chi connectivity index (χ3n) is 3.74. The van der Waals surface area contributed by atoms with Crippen LogP contribution in [0.3, 0.4) is 0 Å². The van der Waals surface area contributed by atoms with Gasteiger partial charge in [0.05, 0.1) is 11.7 Å². The molecule has 0 unspecified atom stereocenters. The van der Waals surface area contributed by atoms with E-state index in [9.17, 15) is 5.11 Å². The molecule has 1 N–H and O–H groups in total. The van der Waals surface area contributed by atoms with Crippen LogP contribution >= 0.6 is 0 Å². The smallest absolute Gasteiger partial charge is 0.117 e. The zero-order valence-corrected chi connectivity index (χ0v) is 12.9. The summed E-state index contributed by atoms with van der Waals surface area (Å²) in [6.07, 6.45) is 5.84. The predicted octanol–water partition coefficient (Wildman–Crippen LogP) is 2.70. The van der Waals surface area contributed by atoms with Gasteiger partial charge in [-0.1, -0.05) is 6.92 Å². The van der Waals surface area contributed by atoms with E-state index in [1.807, 2.05) is 36.4 Å². The van der Waals surface area contributed by atoms with Crippen LogP contribution in [0.5, 0.6) is 5.75 Å². The average molecular weight is 296 g/mol. The molecule has 22 heavy (non-hydrogen) atoms. The van der Waals surface area contributed by atoms with Crippen molar-refractivity contribution in [1.29, 1.82) is 0 Å². The molecule has 2 aromatic heterocycles. The van der Waals surface area contributed by atoms with Crippen molar-refractivity contribution in [2.24, 2.45) is 7.05 Å². The average Bonchev–Trinajstić information content (AvgIpc) is 2.92. The summed E-state index contributed by atoms with van der Waals surface area (Å²) in [7, 11) is 1.93. The molecule has 3 rings (SSSR count). The van der Waals surface area contributed by atoms with E-state index in [-0.39, 0.29) is 5.75 Å². The van der Waals surface area contributed by atoms with Crippen LogP contribution in [-0.4, -0.2) is 31.3 Å². The Morgan fingerprint density at radius 3 is 2.68 bits per heavy atom. The molecule has 1 aromatic carbocycles. The number of hydrogen-bond donors (Lipinski definition) is 1. The van der Waals surface area contributed by atoms with E-state index in [1.54, 1.807) is 12.1 Å². The van der Waals surface area contributed by atoms with Crippen LogP contribution in [-0.2, 0) is 20.1 Å². The molecule has 0 fully saturated rings. The summed E-state index contributed by atoms with van der Waals surface area (Å²) in [4.78, 5) is 6.78. The van der Waals surface area contributed by atoms with Crippen molar-refractivity contribution in [3.63, 3.8) is 0 Å². The van der Waals surface area contributed by atoms with Crippen LogP contribution in [0.2, 0.25) is 0 Å². The van der Waals surface area contributed by atoms with Crippen LogP contribution in [0.25, 0.3) is 10.9 Å². The summed E-state index contributed by atoms with van der Waals surface area (Å²) in [5.41, 5.74) is 3.20. The number of benzene rings is 1. The molecular formula is C17H20N4O. The quantitative estimate of drug-likeness (QED) is 0.786. The summed E-state index contributed by atoms with van der Waals surface area (Å²) in [5, 5.41) is 14.8. The first-order valence-electron chi connectivity index (χ1n) is 7.41. The Hall–Kier alpha value is -2.40. The van der Waals surface area contributed by atoms with Crippen molar-refractivity contribution in [2.45, 2.75) is 20.0 Å². The first kappa shape index (κ1) is 14.5. The van der Waals surface area contributed by atoms with Gasteiger partial charge in [0.25, 0.3) is 0 Å². The third-order valence-corrected chi connectivity index (χ3v) is 3.74. The van der Waals surface area contributed by atoms with Gasteiger partial charge in [-0.3, -0.25) is 14.6 Å². The van der Waals surface area contributed by atoms with Crippen molar-refractivity contribution in [1.82, 2.24) is 19.7 Å². The number of aromatic nitrogens is 3. The van der Waals surface area contributed by atoms with Gasteiger partial charge in [-0.2, -0.15) is 5.10 Å². The number of rotatable bonds is 5. The van der Waals surface area contributed by atoms with Crippen LogP contribution in [0.15, 0.2) is 42.9 Å². The van der Waals surface area contributed by atoms with Gasteiger partial charge in [0.1, 0.15) is 5.75 Å². The second-order valence-electron chi connectivity index (χ2n) is 5.55. The highest BCUT2D eigenvalue weighted by Gasteiger charge is 2.08. The van der Waals surface area contributed by atoms with E-state index < -0.39 is 0 Å². The fourth-order valence-electron chi connectivity index (χ4n) is 2.59. The Morgan fingerprint density at radius 1 is 1.14 bits per heavy atom. The van der Waals surface area contributed by atoms with Gasteiger partial charge in [-0.25, -0.2) is 0 Å². The minimum absolute atomic E-state index is 0.250. The molecule has 0 bridgehead atoms. The second kappa shape index (κ2) is 6.15. The highest BCUT2D eigenvalue weighted by molar-refractivity contribution is 5.80. The number of aryl methyl sites for hydroxylation is 1. The summed E-state index contributed by atoms with van der Waals surface area (Å²) in [5.74, 6) is 0.250. The number of phenols is 1. The molecule has 5 nitrogen and oxygen atoms in total. The van der Waals surface area contributed by atoms with E-state index in [4.69, 9.17) is 0 Å². The van der Waals surface area contributed by atoms with Gasteiger partial charge in [-0.05, 0) is 30.3 Å². The first-order valence-corrected chi connectivity index (χ1v) is 7.41. The van der Waals surface area contributed by atoms with Crippen LogP contribution in [0.4, 0.5) is 0 Å². The Labute approximate surface area is 129 Å². The van der Waals surface area contributed by atoms with Crippen LogP contribution in [0, 0.1) is 0 Å². The van der Waals surface area contributed by atoms with Crippen LogP contribution < -0.4 is 0 Å². The molecule has 0 atom stereocenters. The zero-order valence-electron chi connectivity index (χ0n) is 12.9. The number of aromatic hydroxyl groups is 1. The molecule has 0 aliphatic carbocycles. The number of nitrogens with zero attached hydrogens (tertiary/aromatic N) is 4. The Kier molecular flexibility index (Phi) is 4.06. The van der Waals surface area contributed by atoms with E-state index in [1.165, 1.54) is 11.1 Å². The lowest BCUT2D eigenvalue weighted by molar-refractivity contribution is 0.271. The lowest BCUT2D eigenvalue weighted by Gasteiger charge is -2.19. The molecule has 5 heteroatoms. The summed E-state index contributed by atoms with van der Waals surface area (Å²) < 4.78 is 1.83. The van der Waals surface area contributed by atoms with E-state index in [2.05, 4.69) is 28.0 Å². The molecule has 0 radical (unpaired) electrons. The molecule has 2 heterocycles. The monoisotopic (exact) mass is 296 g/mol. The van der Waals surface area contributed by atoms with Gasteiger partial charge in [-0.15, -0.1) is 0 Å². The van der Waals surface area contributed by atoms with E-state index in [0.717, 1.165) is 30.5 Å². The Balaban J connectivity index is 1.76. The maximum Gasteiger partial charge on any atom is 0.117 e. The fourth-order valence-corrected chi connectivity index (χ4v) is 2.59. The summed E-state index contributed by atoms with van der Waals surface area (Å²) in [6.45, 7) is 4.83. The van der Waals surface area contributed by atoms with Gasteiger partial charge >= 0.3 is 0 Å². The van der Waals surface area contributed by atoms with Gasteiger partial charge in [0.15, 0.2) is 0 Å². The predicted molar refractivity (Wildman–Crippen MR) is 86.4 cm³/mol. The molecule has 0 spiro atoms. The van der Waals surface area contributed by atoms with Gasteiger partial charge in [0, 0.05) is 49.5 Å². The maximum absolute atomic E-state index is 9.49. The highest BCUT2D eigenvalue weighted by Crippen LogP contribution is 2.19. The lowest BCUT2D eigenvalue weighted by Crippen LogP contribution is -2.22. The Morgan fingerprint density at radius 2 is 1.95 bits per heavy atom. The van der Waals surface area contributed by atoms with Gasteiger partial charge < -0.3 is 5.11 Å². The molecular weight excluding hydrogens is 276 g/mol. The minimum Gasteiger partial charge on any atom is -0.508 e. The third kappa shape index (κ3) is 3.26. The normalized spacial score (nSPS) is 11.4. The van der Waals surface area contributed by atoms with Crippen molar-refractivity contribution >= 4 is 10.9 Å². The molecule has 3 aromatic rings.